The summed E-state index contributed by atoms with van der Waals surface area (Å²) in [7, 11) is 7.29. The molecule has 0 heterocycles. The van der Waals surface area contributed by atoms with Crippen LogP contribution in [0.3, 0.4) is 0 Å². The van der Waals surface area contributed by atoms with E-state index in [1.807, 2.05) is 33.2 Å². The van der Waals surface area contributed by atoms with Crippen LogP contribution in [-0.2, 0) is 0 Å². The lowest BCUT2D eigenvalue weighted by Gasteiger charge is -2.26. The summed E-state index contributed by atoms with van der Waals surface area (Å²) in [6.45, 7) is 2.21. The maximum atomic E-state index is 9.18. The van der Waals surface area contributed by atoms with E-state index in [-0.39, 0.29) is 12.6 Å². The number of nitrogens with zero attached hydrogens (tertiary/aromatic N) is 1. The number of ether oxygens (including phenoxy) is 2. The lowest BCUT2D eigenvalue weighted by Crippen LogP contribution is -2.22. The van der Waals surface area contributed by atoms with E-state index < -0.39 is 0 Å². The van der Waals surface area contributed by atoms with E-state index in [1.165, 1.54) is 0 Å². The van der Waals surface area contributed by atoms with Crippen LogP contribution in [0.25, 0.3) is 0 Å². The molecule has 1 atom stereocenters. The molecule has 4 nitrogen and oxygen atoms in total. The van der Waals surface area contributed by atoms with Gasteiger partial charge in [-0.3, -0.25) is 0 Å². The van der Waals surface area contributed by atoms with Gasteiger partial charge in [0.1, 0.15) is 0 Å². The van der Waals surface area contributed by atoms with E-state index in [4.69, 9.17) is 9.47 Å². The van der Waals surface area contributed by atoms with E-state index in [0.717, 1.165) is 22.6 Å². The molecule has 102 valence electrons. The van der Waals surface area contributed by atoms with E-state index >= 15 is 0 Å². The molecule has 4 heteroatoms. The van der Waals surface area contributed by atoms with Crippen LogP contribution in [0.1, 0.15) is 23.6 Å². The van der Waals surface area contributed by atoms with Crippen molar-refractivity contribution in [1.29, 1.82) is 0 Å². The Hall–Kier alpha value is -1.26. The van der Waals surface area contributed by atoms with Gasteiger partial charge in [-0.15, -0.1) is 0 Å². The molecule has 0 saturated heterocycles. The Morgan fingerprint density at radius 1 is 1.17 bits per heavy atom. The van der Waals surface area contributed by atoms with Crippen molar-refractivity contribution in [3.63, 3.8) is 0 Å². The van der Waals surface area contributed by atoms with Crippen LogP contribution in [0.5, 0.6) is 11.5 Å². The van der Waals surface area contributed by atoms with Crippen LogP contribution in [0.4, 0.5) is 0 Å². The van der Waals surface area contributed by atoms with Crippen molar-refractivity contribution < 1.29 is 14.6 Å². The van der Waals surface area contributed by atoms with Gasteiger partial charge in [0.15, 0.2) is 11.5 Å². The highest BCUT2D eigenvalue weighted by atomic mass is 16.5. The average Bonchev–Trinajstić information content (AvgIpc) is 2.35. The summed E-state index contributed by atoms with van der Waals surface area (Å²) in [4.78, 5) is 2.10. The van der Waals surface area contributed by atoms with Gasteiger partial charge in [0.25, 0.3) is 0 Å². The average molecular weight is 253 g/mol. The van der Waals surface area contributed by atoms with Crippen molar-refractivity contribution in [2.24, 2.45) is 0 Å². The SMILES string of the molecule is COc1cc(C)c(C(CCO)N(C)C)cc1OC. The third-order valence-corrected chi connectivity index (χ3v) is 3.16. The summed E-state index contributed by atoms with van der Waals surface area (Å²) in [6, 6.07) is 4.14. The number of benzene rings is 1. The molecule has 0 fully saturated rings. The van der Waals surface area contributed by atoms with Crippen molar-refractivity contribution in [2.45, 2.75) is 19.4 Å². The standard InChI is InChI=1S/C14H23NO3/c1-10-8-13(17-4)14(18-5)9-11(10)12(6-7-16)15(2)3/h8-9,12,16H,6-7H2,1-5H3. The summed E-state index contributed by atoms with van der Waals surface area (Å²) in [5.74, 6) is 1.46. The Morgan fingerprint density at radius 2 is 1.72 bits per heavy atom. The summed E-state index contributed by atoms with van der Waals surface area (Å²) >= 11 is 0. The number of aliphatic hydroxyl groups excluding tert-OH is 1. The highest BCUT2D eigenvalue weighted by Crippen LogP contribution is 2.35. The number of aliphatic hydroxyl groups is 1. The zero-order chi connectivity index (χ0) is 13.7. The van der Waals surface area contributed by atoms with Crippen LogP contribution in [0, 0.1) is 6.92 Å². The fourth-order valence-corrected chi connectivity index (χ4v) is 2.17. The third kappa shape index (κ3) is 3.15. The first-order valence-corrected chi connectivity index (χ1v) is 6.05. The molecule has 0 saturated carbocycles. The second-order valence-corrected chi connectivity index (χ2v) is 4.56. The maximum Gasteiger partial charge on any atom is 0.161 e. The van der Waals surface area contributed by atoms with E-state index in [1.54, 1.807) is 14.2 Å². The first-order chi connectivity index (χ1) is 8.54. The highest BCUT2D eigenvalue weighted by Gasteiger charge is 2.18. The Morgan fingerprint density at radius 3 is 2.17 bits per heavy atom. The van der Waals surface area contributed by atoms with Gasteiger partial charge in [0.05, 0.1) is 14.2 Å². The normalized spacial score (nSPS) is 12.6. The van der Waals surface area contributed by atoms with Crippen molar-refractivity contribution in [1.82, 2.24) is 4.90 Å². The molecular weight excluding hydrogens is 230 g/mol. The zero-order valence-corrected chi connectivity index (χ0v) is 11.9. The predicted molar refractivity (Wildman–Crippen MR) is 72.4 cm³/mol. The minimum absolute atomic E-state index is 0.163. The Kier molecular flexibility index (Phi) is 5.44. The number of rotatable bonds is 6. The molecule has 0 spiro atoms. The molecule has 18 heavy (non-hydrogen) atoms. The van der Waals surface area contributed by atoms with Gasteiger partial charge < -0.3 is 19.5 Å². The van der Waals surface area contributed by atoms with Gasteiger partial charge in [0, 0.05) is 12.6 Å². The third-order valence-electron chi connectivity index (χ3n) is 3.16. The quantitative estimate of drug-likeness (QED) is 0.842. The molecule has 0 radical (unpaired) electrons. The van der Waals surface area contributed by atoms with Crippen LogP contribution < -0.4 is 9.47 Å². The second-order valence-electron chi connectivity index (χ2n) is 4.56. The van der Waals surface area contributed by atoms with Crippen molar-refractivity contribution in [3.05, 3.63) is 23.3 Å². The van der Waals surface area contributed by atoms with E-state index in [0.29, 0.717) is 6.42 Å². The lowest BCUT2D eigenvalue weighted by atomic mass is 9.97. The molecule has 0 aliphatic heterocycles. The van der Waals surface area contributed by atoms with Crippen molar-refractivity contribution >= 4 is 0 Å². The fourth-order valence-electron chi connectivity index (χ4n) is 2.17. The van der Waals surface area contributed by atoms with Gasteiger partial charge in [-0.2, -0.15) is 0 Å². The molecular formula is C14H23NO3. The minimum Gasteiger partial charge on any atom is -0.493 e. The van der Waals surface area contributed by atoms with Gasteiger partial charge in [-0.1, -0.05) is 0 Å². The van der Waals surface area contributed by atoms with Gasteiger partial charge >= 0.3 is 0 Å². The molecule has 0 aromatic heterocycles. The summed E-state index contributed by atoms with van der Waals surface area (Å²) in [5.41, 5.74) is 2.30. The molecule has 1 unspecified atom stereocenters. The fraction of sp³-hybridized carbons (Fsp3) is 0.571. The second kappa shape index (κ2) is 6.61. The number of hydrogen-bond acceptors (Lipinski definition) is 4. The first kappa shape index (κ1) is 14.8. The van der Waals surface area contributed by atoms with Crippen molar-refractivity contribution in [2.75, 3.05) is 34.9 Å². The molecule has 1 N–H and O–H groups in total. The Labute approximate surface area is 109 Å². The first-order valence-electron chi connectivity index (χ1n) is 6.05. The topological polar surface area (TPSA) is 41.9 Å². The Balaban J connectivity index is 3.21. The number of hydrogen-bond donors (Lipinski definition) is 1. The largest absolute Gasteiger partial charge is 0.493 e. The van der Waals surface area contributed by atoms with E-state index in [9.17, 15) is 5.11 Å². The highest BCUT2D eigenvalue weighted by molar-refractivity contribution is 5.48. The van der Waals surface area contributed by atoms with Crippen LogP contribution in [0.2, 0.25) is 0 Å². The minimum atomic E-state index is 0.163. The molecule has 1 rings (SSSR count). The van der Waals surface area contributed by atoms with Gasteiger partial charge in [-0.05, 0) is 50.7 Å². The predicted octanol–water partition coefficient (Wildman–Crippen LogP) is 2.00. The maximum absolute atomic E-state index is 9.18. The lowest BCUT2D eigenvalue weighted by molar-refractivity contribution is 0.210. The summed E-state index contributed by atoms with van der Waals surface area (Å²) in [6.07, 6.45) is 0.698. The van der Waals surface area contributed by atoms with Gasteiger partial charge in [0.2, 0.25) is 0 Å². The monoisotopic (exact) mass is 253 g/mol. The van der Waals surface area contributed by atoms with Crippen molar-refractivity contribution in [3.8, 4) is 11.5 Å². The molecule has 0 bridgehead atoms. The number of aryl methyl sites for hydroxylation is 1. The smallest absolute Gasteiger partial charge is 0.161 e. The molecule has 1 aromatic carbocycles. The van der Waals surface area contributed by atoms with E-state index in [2.05, 4.69) is 4.90 Å². The van der Waals surface area contributed by atoms with Crippen LogP contribution in [-0.4, -0.2) is 44.9 Å². The van der Waals surface area contributed by atoms with Crippen LogP contribution in [0.15, 0.2) is 12.1 Å². The molecule has 0 aliphatic rings. The van der Waals surface area contributed by atoms with Crippen LogP contribution >= 0.6 is 0 Å². The molecule has 0 aliphatic carbocycles. The van der Waals surface area contributed by atoms with Gasteiger partial charge in [-0.25, -0.2) is 0 Å². The number of methoxy groups -OCH3 is 2. The summed E-state index contributed by atoms with van der Waals surface area (Å²) in [5, 5.41) is 9.18. The summed E-state index contributed by atoms with van der Waals surface area (Å²) < 4.78 is 10.6. The Bertz CT molecular complexity index is 391. The zero-order valence-electron chi connectivity index (χ0n) is 11.9. The molecule has 0 amide bonds. The molecule has 1 aromatic rings.